The third-order valence-corrected chi connectivity index (χ3v) is 4.05. The van der Waals surface area contributed by atoms with Gasteiger partial charge in [0.05, 0.1) is 0 Å². The van der Waals surface area contributed by atoms with Crippen molar-refractivity contribution in [3.05, 3.63) is 35.4 Å². The minimum atomic E-state index is 0.334. The summed E-state index contributed by atoms with van der Waals surface area (Å²) in [7, 11) is 0. The molecular weight excluding hydrogens is 208 g/mol. The zero-order chi connectivity index (χ0) is 12.1. The van der Waals surface area contributed by atoms with Gasteiger partial charge in [-0.05, 0) is 36.3 Å². The lowest BCUT2D eigenvalue weighted by Gasteiger charge is -2.30. The van der Waals surface area contributed by atoms with Crippen molar-refractivity contribution in [3.8, 4) is 0 Å². The Morgan fingerprint density at radius 1 is 1.18 bits per heavy atom. The number of rotatable bonds is 4. The smallest absolute Gasteiger partial charge is 0.0488 e. The fraction of sp³-hybridized carbons (Fsp3) is 0.600. The molecule has 1 aromatic carbocycles. The van der Waals surface area contributed by atoms with Crippen LogP contribution in [0.25, 0.3) is 0 Å². The predicted octanol–water partition coefficient (Wildman–Crippen LogP) is 3.33. The highest BCUT2D eigenvalue weighted by atomic mass is 15.2. The Labute approximate surface area is 105 Å². The van der Waals surface area contributed by atoms with Crippen LogP contribution in [0.2, 0.25) is 0 Å². The SMILES string of the molecule is CCc1ccc(C(NN)C2CCCCC2)cc1. The van der Waals surface area contributed by atoms with Gasteiger partial charge in [0.15, 0.2) is 0 Å². The normalized spacial score (nSPS) is 19.2. The van der Waals surface area contributed by atoms with E-state index in [0.29, 0.717) is 12.0 Å². The number of hydrazine groups is 1. The predicted molar refractivity (Wildman–Crippen MR) is 72.5 cm³/mol. The molecule has 0 aromatic heterocycles. The first-order chi connectivity index (χ1) is 8.35. The molecule has 17 heavy (non-hydrogen) atoms. The molecule has 1 aliphatic carbocycles. The number of nitrogens with one attached hydrogen (secondary N) is 1. The Morgan fingerprint density at radius 2 is 1.82 bits per heavy atom. The van der Waals surface area contributed by atoms with Crippen LogP contribution in [-0.2, 0) is 6.42 Å². The van der Waals surface area contributed by atoms with Gasteiger partial charge in [-0.25, -0.2) is 0 Å². The summed E-state index contributed by atoms with van der Waals surface area (Å²) in [4.78, 5) is 0. The van der Waals surface area contributed by atoms with Crippen molar-refractivity contribution in [1.29, 1.82) is 0 Å². The lowest BCUT2D eigenvalue weighted by Crippen LogP contribution is -2.34. The van der Waals surface area contributed by atoms with E-state index in [1.165, 1.54) is 43.2 Å². The Hall–Kier alpha value is -0.860. The largest absolute Gasteiger partial charge is 0.271 e. The second kappa shape index (κ2) is 6.18. The first-order valence-corrected chi connectivity index (χ1v) is 6.90. The van der Waals surface area contributed by atoms with Crippen molar-refractivity contribution < 1.29 is 0 Å². The molecule has 94 valence electrons. The molecule has 0 radical (unpaired) electrons. The number of aryl methyl sites for hydroxylation is 1. The van der Waals surface area contributed by atoms with Gasteiger partial charge in [0.2, 0.25) is 0 Å². The van der Waals surface area contributed by atoms with E-state index in [-0.39, 0.29) is 0 Å². The lowest BCUT2D eigenvalue weighted by molar-refractivity contribution is 0.273. The van der Waals surface area contributed by atoms with E-state index >= 15 is 0 Å². The van der Waals surface area contributed by atoms with Crippen LogP contribution in [0.3, 0.4) is 0 Å². The van der Waals surface area contributed by atoms with Crippen LogP contribution in [-0.4, -0.2) is 0 Å². The minimum absolute atomic E-state index is 0.334. The summed E-state index contributed by atoms with van der Waals surface area (Å²) in [6, 6.07) is 9.25. The molecule has 0 spiro atoms. The van der Waals surface area contributed by atoms with Gasteiger partial charge < -0.3 is 0 Å². The molecule has 0 saturated heterocycles. The standard InChI is InChI=1S/C15H24N2/c1-2-12-8-10-14(11-9-12)15(17-16)13-6-4-3-5-7-13/h8-11,13,15,17H,2-7,16H2,1H3. The Morgan fingerprint density at radius 3 is 2.35 bits per heavy atom. The highest BCUT2D eigenvalue weighted by Crippen LogP contribution is 2.33. The Kier molecular flexibility index (Phi) is 4.57. The summed E-state index contributed by atoms with van der Waals surface area (Å²) in [5.74, 6) is 6.47. The van der Waals surface area contributed by atoms with E-state index in [1.807, 2.05) is 0 Å². The molecular formula is C15H24N2. The number of benzene rings is 1. The van der Waals surface area contributed by atoms with E-state index < -0.39 is 0 Å². The molecule has 1 aromatic rings. The monoisotopic (exact) mass is 232 g/mol. The molecule has 1 fully saturated rings. The van der Waals surface area contributed by atoms with Crippen molar-refractivity contribution in [2.75, 3.05) is 0 Å². The van der Waals surface area contributed by atoms with Crippen molar-refractivity contribution in [2.45, 2.75) is 51.5 Å². The summed E-state index contributed by atoms with van der Waals surface area (Å²) in [5, 5.41) is 0. The van der Waals surface area contributed by atoms with Crippen LogP contribution in [0.5, 0.6) is 0 Å². The fourth-order valence-electron chi connectivity index (χ4n) is 2.93. The maximum absolute atomic E-state index is 5.76. The van der Waals surface area contributed by atoms with Crippen molar-refractivity contribution in [2.24, 2.45) is 11.8 Å². The molecule has 0 amide bonds. The van der Waals surface area contributed by atoms with Crippen LogP contribution >= 0.6 is 0 Å². The van der Waals surface area contributed by atoms with Crippen LogP contribution in [0, 0.1) is 5.92 Å². The first kappa shape index (κ1) is 12.6. The molecule has 0 heterocycles. The minimum Gasteiger partial charge on any atom is -0.271 e. The molecule has 3 N–H and O–H groups in total. The van der Waals surface area contributed by atoms with Gasteiger partial charge in [-0.15, -0.1) is 0 Å². The molecule has 1 atom stereocenters. The maximum atomic E-state index is 5.76. The van der Waals surface area contributed by atoms with Crippen LogP contribution in [0.15, 0.2) is 24.3 Å². The molecule has 0 bridgehead atoms. The molecule has 1 unspecified atom stereocenters. The van der Waals surface area contributed by atoms with E-state index in [0.717, 1.165) is 6.42 Å². The van der Waals surface area contributed by atoms with Gasteiger partial charge in [0, 0.05) is 6.04 Å². The van der Waals surface area contributed by atoms with E-state index in [2.05, 4.69) is 36.6 Å². The third-order valence-electron chi connectivity index (χ3n) is 4.05. The van der Waals surface area contributed by atoms with Crippen molar-refractivity contribution in [1.82, 2.24) is 5.43 Å². The van der Waals surface area contributed by atoms with E-state index in [1.54, 1.807) is 0 Å². The van der Waals surface area contributed by atoms with Crippen LogP contribution < -0.4 is 11.3 Å². The first-order valence-electron chi connectivity index (χ1n) is 6.90. The number of hydrogen-bond acceptors (Lipinski definition) is 2. The zero-order valence-corrected chi connectivity index (χ0v) is 10.8. The van der Waals surface area contributed by atoms with Gasteiger partial charge in [-0.1, -0.05) is 50.5 Å². The molecule has 0 aliphatic heterocycles. The second-order valence-corrected chi connectivity index (χ2v) is 5.14. The average Bonchev–Trinajstić information content (AvgIpc) is 2.42. The molecule has 1 saturated carbocycles. The maximum Gasteiger partial charge on any atom is 0.0488 e. The van der Waals surface area contributed by atoms with E-state index in [9.17, 15) is 0 Å². The van der Waals surface area contributed by atoms with Crippen LogP contribution in [0.4, 0.5) is 0 Å². The molecule has 2 heteroatoms. The van der Waals surface area contributed by atoms with Gasteiger partial charge in [-0.2, -0.15) is 0 Å². The molecule has 2 nitrogen and oxygen atoms in total. The number of nitrogens with two attached hydrogens (primary N) is 1. The quantitative estimate of drug-likeness (QED) is 0.617. The van der Waals surface area contributed by atoms with Gasteiger partial charge in [-0.3, -0.25) is 11.3 Å². The van der Waals surface area contributed by atoms with Crippen LogP contribution in [0.1, 0.15) is 56.2 Å². The van der Waals surface area contributed by atoms with Gasteiger partial charge in [0.25, 0.3) is 0 Å². The summed E-state index contributed by atoms with van der Waals surface area (Å²) in [6.45, 7) is 2.19. The van der Waals surface area contributed by atoms with Gasteiger partial charge in [0.1, 0.15) is 0 Å². The van der Waals surface area contributed by atoms with E-state index in [4.69, 9.17) is 5.84 Å². The summed E-state index contributed by atoms with van der Waals surface area (Å²) < 4.78 is 0. The van der Waals surface area contributed by atoms with Crippen molar-refractivity contribution >= 4 is 0 Å². The summed E-state index contributed by atoms with van der Waals surface area (Å²) in [6.07, 6.45) is 7.83. The van der Waals surface area contributed by atoms with Gasteiger partial charge >= 0.3 is 0 Å². The second-order valence-electron chi connectivity index (χ2n) is 5.14. The fourth-order valence-corrected chi connectivity index (χ4v) is 2.93. The third kappa shape index (κ3) is 3.08. The number of hydrogen-bond donors (Lipinski definition) is 2. The Balaban J connectivity index is 2.10. The van der Waals surface area contributed by atoms with Crippen molar-refractivity contribution in [3.63, 3.8) is 0 Å². The lowest BCUT2D eigenvalue weighted by atomic mass is 9.81. The summed E-state index contributed by atoms with van der Waals surface area (Å²) in [5.41, 5.74) is 5.77. The highest BCUT2D eigenvalue weighted by Gasteiger charge is 2.23. The molecule has 1 aliphatic rings. The Bertz CT molecular complexity index is 325. The highest BCUT2D eigenvalue weighted by molar-refractivity contribution is 5.25. The topological polar surface area (TPSA) is 38.0 Å². The zero-order valence-electron chi connectivity index (χ0n) is 10.8. The summed E-state index contributed by atoms with van der Waals surface area (Å²) >= 11 is 0. The molecule has 2 rings (SSSR count). The average molecular weight is 232 g/mol.